The van der Waals surface area contributed by atoms with Crippen LogP contribution in [0.25, 0.3) is 0 Å². The third kappa shape index (κ3) is 3.52. The van der Waals surface area contributed by atoms with Gasteiger partial charge in [-0.1, -0.05) is 29.8 Å². The number of esters is 1. The average molecular weight is 287 g/mol. The molecule has 2 aromatic carbocycles. The van der Waals surface area contributed by atoms with E-state index in [0.717, 1.165) is 16.2 Å². The van der Waals surface area contributed by atoms with Gasteiger partial charge < -0.3 is 9.84 Å². The minimum absolute atomic E-state index is 0.187. The van der Waals surface area contributed by atoms with E-state index in [-0.39, 0.29) is 23.5 Å². The Labute approximate surface area is 123 Å². The number of methoxy groups -OCH3 is 1. The first kappa shape index (κ1) is 14.9. The zero-order valence-electron chi connectivity index (χ0n) is 11.9. The van der Waals surface area contributed by atoms with Crippen molar-refractivity contribution in [3.8, 4) is 5.75 Å². The summed E-state index contributed by atoms with van der Waals surface area (Å²) in [7, 11) is 1.27. The summed E-state index contributed by atoms with van der Waals surface area (Å²) < 4.78 is 4.57. The van der Waals surface area contributed by atoms with Gasteiger partial charge in [0, 0.05) is 0 Å². The van der Waals surface area contributed by atoms with Crippen LogP contribution in [-0.2, 0) is 11.3 Å². The summed E-state index contributed by atoms with van der Waals surface area (Å²) in [5, 5.41) is 21.0. The average Bonchev–Trinajstić information content (AvgIpc) is 2.46. The quantitative estimate of drug-likeness (QED) is 0.668. The highest BCUT2D eigenvalue weighted by molar-refractivity contribution is 5.90. The molecular weight excluding hydrogens is 270 g/mol. The van der Waals surface area contributed by atoms with Crippen LogP contribution in [0.3, 0.4) is 0 Å². The molecule has 2 aromatic rings. The van der Waals surface area contributed by atoms with Crippen molar-refractivity contribution in [1.29, 1.82) is 0 Å². The molecule has 2 N–H and O–H groups in total. The lowest BCUT2D eigenvalue weighted by Gasteiger charge is -2.18. The third-order valence-electron chi connectivity index (χ3n) is 3.09. The van der Waals surface area contributed by atoms with Crippen LogP contribution >= 0.6 is 0 Å². The van der Waals surface area contributed by atoms with Crippen molar-refractivity contribution in [1.82, 2.24) is 0 Å². The van der Waals surface area contributed by atoms with E-state index in [1.807, 2.05) is 31.2 Å². The summed E-state index contributed by atoms with van der Waals surface area (Å²) in [6.45, 7) is 2.20. The highest BCUT2D eigenvalue weighted by Crippen LogP contribution is 2.28. The largest absolute Gasteiger partial charge is 0.506 e. The molecule has 0 aliphatic carbocycles. The number of aromatic hydroxyl groups is 1. The van der Waals surface area contributed by atoms with Gasteiger partial charge >= 0.3 is 5.97 Å². The Morgan fingerprint density at radius 3 is 2.62 bits per heavy atom. The molecule has 0 aliphatic heterocycles. The van der Waals surface area contributed by atoms with Gasteiger partial charge in [-0.25, -0.2) is 9.86 Å². The minimum Gasteiger partial charge on any atom is -0.506 e. The van der Waals surface area contributed by atoms with Crippen molar-refractivity contribution < 1.29 is 19.8 Å². The first-order chi connectivity index (χ1) is 10.0. The van der Waals surface area contributed by atoms with Crippen LogP contribution in [0.1, 0.15) is 21.5 Å². The van der Waals surface area contributed by atoms with Crippen LogP contribution in [0, 0.1) is 6.92 Å². The Bertz CT molecular complexity index is 654. The number of carbonyl (C=O) groups excluding carboxylic acids is 1. The van der Waals surface area contributed by atoms with Crippen molar-refractivity contribution in [3.63, 3.8) is 0 Å². The molecule has 2 rings (SSSR count). The van der Waals surface area contributed by atoms with Gasteiger partial charge in [-0.05, 0) is 30.7 Å². The van der Waals surface area contributed by atoms with Crippen LogP contribution < -0.4 is 5.06 Å². The highest BCUT2D eigenvalue weighted by atomic mass is 16.5. The predicted octanol–water partition coefficient (Wildman–Crippen LogP) is 2.88. The van der Waals surface area contributed by atoms with Gasteiger partial charge in [0.25, 0.3) is 0 Å². The number of hydrogen-bond acceptors (Lipinski definition) is 5. The lowest BCUT2D eigenvalue weighted by atomic mass is 10.1. The van der Waals surface area contributed by atoms with Gasteiger partial charge in [-0.15, -0.1) is 0 Å². The topological polar surface area (TPSA) is 70.0 Å². The zero-order valence-corrected chi connectivity index (χ0v) is 11.9. The molecule has 5 heteroatoms. The van der Waals surface area contributed by atoms with Gasteiger partial charge in [0.15, 0.2) is 0 Å². The van der Waals surface area contributed by atoms with Crippen molar-refractivity contribution in [2.24, 2.45) is 0 Å². The molecule has 0 spiro atoms. The minimum atomic E-state index is -0.542. The number of aryl methyl sites for hydroxylation is 1. The van der Waals surface area contributed by atoms with Crippen molar-refractivity contribution in [2.75, 3.05) is 12.2 Å². The smallest absolute Gasteiger partial charge is 0.337 e. The maximum absolute atomic E-state index is 11.4. The fourth-order valence-corrected chi connectivity index (χ4v) is 2.06. The third-order valence-corrected chi connectivity index (χ3v) is 3.09. The molecule has 5 nitrogen and oxygen atoms in total. The van der Waals surface area contributed by atoms with E-state index >= 15 is 0 Å². The molecular formula is C16H17NO4. The van der Waals surface area contributed by atoms with Gasteiger partial charge in [0.1, 0.15) is 11.4 Å². The molecule has 0 radical (unpaired) electrons. The molecule has 110 valence electrons. The molecule has 0 fully saturated rings. The Hall–Kier alpha value is -2.53. The summed E-state index contributed by atoms with van der Waals surface area (Å²) in [5.41, 5.74) is 2.45. The second-order valence-electron chi connectivity index (χ2n) is 4.74. The second-order valence-corrected chi connectivity index (χ2v) is 4.74. The van der Waals surface area contributed by atoms with E-state index < -0.39 is 5.97 Å². The molecule has 0 bridgehead atoms. The number of ether oxygens (including phenoxy) is 1. The fraction of sp³-hybridized carbons (Fsp3) is 0.188. The van der Waals surface area contributed by atoms with Crippen LogP contribution in [0.5, 0.6) is 5.75 Å². The van der Waals surface area contributed by atoms with E-state index in [0.29, 0.717) is 0 Å². The van der Waals surface area contributed by atoms with Gasteiger partial charge in [0.2, 0.25) is 0 Å². The summed E-state index contributed by atoms with van der Waals surface area (Å²) in [6, 6.07) is 11.9. The molecule has 0 aliphatic rings. The summed E-state index contributed by atoms with van der Waals surface area (Å²) in [5.74, 6) is -0.729. The first-order valence-corrected chi connectivity index (χ1v) is 6.44. The van der Waals surface area contributed by atoms with E-state index in [1.165, 1.54) is 25.3 Å². The Morgan fingerprint density at radius 2 is 2.00 bits per heavy atom. The van der Waals surface area contributed by atoms with Crippen molar-refractivity contribution >= 4 is 11.7 Å². The molecule has 0 heterocycles. The molecule has 0 amide bonds. The lowest BCUT2D eigenvalue weighted by molar-refractivity contribution is 0.0600. The number of carbonyl (C=O) groups is 1. The maximum Gasteiger partial charge on any atom is 0.337 e. The normalized spacial score (nSPS) is 10.2. The number of anilines is 1. The molecule has 0 atom stereocenters. The number of phenolic OH excluding ortho intramolecular Hbond substituents is 1. The van der Waals surface area contributed by atoms with Gasteiger partial charge in [-0.3, -0.25) is 5.21 Å². The van der Waals surface area contributed by atoms with Crippen LogP contribution in [0.15, 0.2) is 42.5 Å². The van der Waals surface area contributed by atoms with E-state index in [2.05, 4.69) is 4.74 Å². The van der Waals surface area contributed by atoms with Crippen LogP contribution in [0.4, 0.5) is 5.69 Å². The number of rotatable bonds is 4. The number of phenols is 1. The Kier molecular flexibility index (Phi) is 4.45. The van der Waals surface area contributed by atoms with Crippen LogP contribution in [0.2, 0.25) is 0 Å². The molecule has 0 aromatic heterocycles. The van der Waals surface area contributed by atoms with Crippen LogP contribution in [-0.4, -0.2) is 23.4 Å². The molecule has 21 heavy (non-hydrogen) atoms. The molecule has 0 saturated carbocycles. The van der Waals surface area contributed by atoms with Gasteiger partial charge in [-0.2, -0.15) is 0 Å². The predicted molar refractivity (Wildman–Crippen MR) is 78.6 cm³/mol. The number of hydrogen-bond donors (Lipinski definition) is 2. The van der Waals surface area contributed by atoms with Gasteiger partial charge in [0.05, 0.1) is 19.2 Å². The highest BCUT2D eigenvalue weighted by Gasteiger charge is 2.13. The summed E-state index contributed by atoms with van der Waals surface area (Å²) in [6.07, 6.45) is 0. The van der Waals surface area contributed by atoms with E-state index in [1.54, 1.807) is 0 Å². The molecule has 0 unspecified atom stereocenters. The number of hydroxylamine groups is 1. The standard InChI is InChI=1S/C16H17NO4/c1-11-4-3-5-12(8-11)10-17(20)14-7-6-13(9-15(14)18)16(19)21-2/h3-9,18,20H,10H2,1-2H3. The monoisotopic (exact) mass is 287 g/mol. The van der Waals surface area contributed by atoms with E-state index in [9.17, 15) is 15.1 Å². The number of nitrogens with zero attached hydrogens (tertiary/aromatic N) is 1. The summed E-state index contributed by atoms with van der Waals surface area (Å²) >= 11 is 0. The zero-order chi connectivity index (χ0) is 15.4. The lowest BCUT2D eigenvalue weighted by Crippen LogP contribution is -2.17. The number of benzene rings is 2. The van der Waals surface area contributed by atoms with Crippen molar-refractivity contribution in [3.05, 3.63) is 59.2 Å². The Balaban J connectivity index is 2.19. The first-order valence-electron chi connectivity index (χ1n) is 6.44. The van der Waals surface area contributed by atoms with E-state index in [4.69, 9.17) is 0 Å². The molecule has 0 saturated heterocycles. The van der Waals surface area contributed by atoms with Crippen molar-refractivity contribution in [2.45, 2.75) is 13.5 Å². The Morgan fingerprint density at radius 1 is 1.24 bits per heavy atom. The maximum atomic E-state index is 11.4. The SMILES string of the molecule is COC(=O)c1ccc(N(O)Cc2cccc(C)c2)c(O)c1. The fourth-order valence-electron chi connectivity index (χ4n) is 2.06. The summed E-state index contributed by atoms with van der Waals surface area (Å²) in [4.78, 5) is 11.4. The second kappa shape index (κ2) is 6.28.